The first-order chi connectivity index (χ1) is 9.16. The molecule has 1 heterocycles. The van der Waals surface area contributed by atoms with Crippen LogP contribution in [0.15, 0.2) is 24.3 Å². The Morgan fingerprint density at radius 2 is 2.05 bits per heavy atom. The van der Waals surface area contributed by atoms with Gasteiger partial charge in [0, 0.05) is 18.2 Å². The zero-order valence-electron chi connectivity index (χ0n) is 10.5. The van der Waals surface area contributed by atoms with E-state index >= 15 is 0 Å². The Balaban J connectivity index is 1.82. The van der Waals surface area contributed by atoms with Gasteiger partial charge in [-0.15, -0.1) is 0 Å². The lowest BCUT2D eigenvalue weighted by Gasteiger charge is -2.22. The highest BCUT2D eigenvalue weighted by atomic mass is 16.4. The number of rotatable bonds is 4. The van der Waals surface area contributed by atoms with Gasteiger partial charge >= 0.3 is 5.97 Å². The SMILES string of the molecule is O=C(O)C1Cc2ccccc2N1C(=O)CNC1CC1. The second-order valence-electron chi connectivity index (χ2n) is 5.11. The van der Waals surface area contributed by atoms with Crippen LogP contribution in [0.25, 0.3) is 0 Å². The molecule has 3 rings (SSSR count). The number of fused-ring (bicyclic) bond motifs is 1. The van der Waals surface area contributed by atoms with Gasteiger partial charge in [0.25, 0.3) is 0 Å². The smallest absolute Gasteiger partial charge is 0.327 e. The number of nitrogens with one attached hydrogen (secondary N) is 1. The first-order valence-corrected chi connectivity index (χ1v) is 6.53. The molecule has 5 heteroatoms. The molecule has 2 N–H and O–H groups in total. The summed E-state index contributed by atoms with van der Waals surface area (Å²) in [6.45, 7) is 0.211. The second kappa shape index (κ2) is 4.66. The number of hydrogen-bond donors (Lipinski definition) is 2. The van der Waals surface area contributed by atoms with Crippen molar-refractivity contribution in [2.75, 3.05) is 11.4 Å². The molecule has 1 unspecified atom stereocenters. The summed E-state index contributed by atoms with van der Waals surface area (Å²) < 4.78 is 0. The van der Waals surface area contributed by atoms with Crippen LogP contribution in [0.5, 0.6) is 0 Å². The number of carboxylic acid groups (broad SMARTS) is 1. The van der Waals surface area contributed by atoms with E-state index in [2.05, 4.69) is 5.32 Å². The maximum Gasteiger partial charge on any atom is 0.327 e. The van der Waals surface area contributed by atoms with Crippen LogP contribution in [-0.4, -0.2) is 35.6 Å². The van der Waals surface area contributed by atoms with Crippen molar-refractivity contribution in [1.82, 2.24) is 5.32 Å². The molecule has 1 atom stereocenters. The molecule has 1 aliphatic heterocycles. The van der Waals surface area contributed by atoms with Crippen molar-refractivity contribution in [3.05, 3.63) is 29.8 Å². The minimum Gasteiger partial charge on any atom is -0.480 e. The maximum atomic E-state index is 12.3. The Morgan fingerprint density at radius 1 is 1.32 bits per heavy atom. The van der Waals surface area contributed by atoms with Crippen molar-refractivity contribution in [2.45, 2.75) is 31.3 Å². The summed E-state index contributed by atoms with van der Waals surface area (Å²) in [5, 5.41) is 12.4. The number of hydrogen-bond acceptors (Lipinski definition) is 3. The van der Waals surface area contributed by atoms with Gasteiger partial charge in [0.2, 0.25) is 5.91 Å². The molecular formula is C14H16N2O3. The van der Waals surface area contributed by atoms with E-state index in [1.807, 2.05) is 24.3 Å². The number of anilines is 1. The predicted molar refractivity (Wildman–Crippen MR) is 70.1 cm³/mol. The minimum atomic E-state index is -0.948. The average Bonchev–Trinajstić information content (AvgIpc) is 3.14. The van der Waals surface area contributed by atoms with Crippen molar-refractivity contribution in [3.8, 4) is 0 Å². The molecule has 1 aromatic rings. The van der Waals surface area contributed by atoms with E-state index in [-0.39, 0.29) is 12.5 Å². The van der Waals surface area contributed by atoms with Crippen LogP contribution in [0.3, 0.4) is 0 Å². The van der Waals surface area contributed by atoms with Crippen LogP contribution in [0.1, 0.15) is 18.4 Å². The second-order valence-corrected chi connectivity index (χ2v) is 5.11. The summed E-state index contributed by atoms with van der Waals surface area (Å²) in [6, 6.07) is 7.06. The van der Waals surface area contributed by atoms with Crippen LogP contribution in [-0.2, 0) is 16.0 Å². The average molecular weight is 260 g/mol. The lowest BCUT2D eigenvalue weighted by atomic mass is 10.1. The van der Waals surface area contributed by atoms with Crippen LogP contribution in [0.2, 0.25) is 0 Å². The van der Waals surface area contributed by atoms with Gasteiger partial charge in [0.15, 0.2) is 0 Å². The number of carbonyl (C=O) groups is 2. The Kier molecular flexibility index (Phi) is 2.98. The quantitative estimate of drug-likeness (QED) is 0.839. The fraction of sp³-hybridized carbons (Fsp3) is 0.429. The molecule has 0 bridgehead atoms. The topological polar surface area (TPSA) is 69.6 Å². The third kappa shape index (κ3) is 2.33. The van der Waals surface area contributed by atoms with Gasteiger partial charge in [-0.05, 0) is 24.5 Å². The number of carboxylic acids is 1. The van der Waals surface area contributed by atoms with E-state index in [1.165, 1.54) is 4.90 Å². The molecule has 0 radical (unpaired) electrons. The molecule has 1 amide bonds. The molecule has 0 saturated heterocycles. The molecule has 1 aliphatic carbocycles. The summed E-state index contributed by atoms with van der Waals surface area (Å²) in [6.07, 6.45) is 2.60. The van der Waals surface area contributed by atoms with Crippen molar-refractivity contribution in [3.63, 3.8) is 0 Å². The monoisotopic (exact) mass is 260 g/mol. The summed E-state index contributed by atoms with van der Waals surface area (Å²) in [5.74, 6) is -1.11. The van der Waals surface area contributed by atoms with Crippen molar-refractivity contribution < 1.29 is 14.7 Å². The highest BCUT2D eigenvalue weighted by Gasteiger charge is 2.38. The highest BCUT2D eigenvalue weighted by Crippen LogP contribution is 2.32. The third-order valence-electron chi connectivity index (χ3n) is 3.65. The van der Waals surface area contributed by atoms with E-state index in [9.17, 15) is 14.7 Å². The van der Waals surface area contributed by atoms with Gasteiger partial charge in [0.1, 0.15) is 6.04 Å². The Hall–Kier alpha value is -1.88. The van der Waals surface area contributed by atoms with Gasteiger partial charge in [-0.1, -0.05) is 18.2 Å². The van der Waals surface area contributed by atoms with Gasteiger partial charge in [0.05, 0.1) is 6.54 Å². The zero-order chi connectivity index (χ0) is 13.4. The normalized spacial score (nSPS) is 21.3. The molecule has 1 aromatic carbocycles. The minimum absolute atomic E-state index is 0.163. The van der Waals surface area contributed by atoms with Crippen molar-refractivity contribution in [1.29, 1.82) is 0 Å². The summed E-state index contributed by atoms with van der Waals surface area (Å²) in [5.41, 5.74) is 1.66. The Bertz CT molecular complexity index is 525. The first kappa shape index (κ1) is 12.2. The predicted octanol–water partition coefficient (Wildman–Crippen LogP) is 0.781. The number of nitrogens with zero attached hydrogens (tertiary/aromatic N) is 1. The van der Waals surface area contributed by atoms with E-state index in [0.717, 1.165) is 24.1 Å². The largest absolute Gasteiger partial charge is 0.480 e. The van der Waals surface area contributed by atoms with Gasteiger partial charge in [-0.3, -0.25) is 9.69 Å². The van der Waals surface area contributed by atoms with E-state index < -0.39 is 12.0 Å². The standard InChI is InChI=1S/C14H16N2O3/c17-13(8-15-10-5-6-10)16-11-4-2-1-3-9(11)7-12(16)14(18)19/h1-4,10,12,15H,5-8H2,(H,18,19). The summed E-state index contributed by atoms with van der Waals surface area (Å²) in [7, 11) is 0. The number of carbonyl (C=O) groups excluding carboxylic acids is 1. The van der Waals surface area contributed by atoms with Crippen molar-refractivity contribution in [2.24, 2.45) is 0 Å². The van der Waals surface area contributed by atoms with Crippen LogP contribution >= 0.6 is 0 Å². The molecular weight excluding hydrogens is 244 g/mol. The molecule has 1 saturated carbocycles. The molecule has 1 fully saturated rings. The molecule has 0 spiro atoms. The highest BCUT2D eigenvalue weighted by molar-refractivity contribution is 6.02. The Morgan fingerprint density at radius 3 is 2.74 bits per heavy atom. The number of aliphatic carboxylic acids is 1. The van der Waals surface area contributed by atoms with Crippen LogP contribution in [0, 0.1) is 0 Å². The summed E-state index contributed by atoms with van der Waals surface area (Å²) in [4.78, 5) is 25.0. The van der Waals surface area contributed by atoms with Gasteiger partial charge in [-0.25, -0.2) is 4.79 Å². The first-order valence-electron chi connectivity index (χ1n) is 6.53. The molecule has 0 aromatic heterocycles. The molecule has 5 nitrogen and oxygen atoms in total. The van der Waals surface area contributed by atoms with Gasteiger partial charge < -0.3 is 10.4 Å². The fourth-order valence-electron chi connectivity index (χ4n) is 2.50. The lowest BCUT2D eigenvalue weighted by Crippen LogP contribution is -2.46. The maximum absolute atomic E-state index is 12.3. The summed E-state index contributed by atoms with van der Waals surface area (Å²) >= 11 is 0. The van der Waals surface area contributed by atoms with E-state index in [1.54, 1.807) is 0 Å². The zero-order valence-corrected chi connectivity index (χ0v) is 10.5. The van der Waals surface area contributed by atoms with Crippen LogP contribution < -0.4 is 10.2 Å². The fourth-order valence-corrected chi connectivity index (χ4v) is 2.50. The number of para-hydroxylation sites is 1. The Labute approximate surface area is 111 Å². The molecule has 2 aliphatic rings. The third-order valence-corrected chi connectivity index (χ3v) is 3.65. The number of benzene rings is 1. The van der Waals surface area contributed by atoms with Gasteiger partial charge in [-0.2, -0.15) is 0 Å². The van der Waals surface area contributed by atoms with E-state index in [4.69, 9.17) is 0 Å². The molecule has 19 heavy (non-hydrogen) atoms. The van der Waals surface area contributed by atoms with Crippen LogP contribution in [0.4, 0.5) is 5.69 Å². The number of amides is 1. The van der Waals surface area contributed by atoms with E-state index in [0.29, 0.717) is 12.5 Å². The lowest BCUT2D eigenvalue weighted by molar-refractivity contribution is -0.139. The molecule has 100 valence electrons. The van der Waals surface area contributed by atoms with Crippen molar-refractivity contribution >= 4 is 17.6 Å².